The summed E-state index contributed by atoms with van der Waals surface area (Å²) >= 11 is 0. The third-order valence-electron chi connectivity index (χ3n) is 1.87. The summed E-state index contributed by atoms with van der Waals surface area (Å²) in [6.07, 6.45) is -0.256. The molecule has 1 atom stereocenters. The van der Waals surface area contributed by atoms with Crippen LogP contribution in [0, 0.1) is 0 Å². The average molecular weight is 179 g/mol. The molecule has 0 saturated carbocycles. The molecule has 1 aromatic carbocycles. The first-order valence-corrected chi connectivity index (χ1v) is 4.59. The normalized spacial score (nSPS) is 13.2. The smallest absolute Gasteiger partial charge is 0.0639 e. The summed E-state index contributed by atoms with van der Waals surface area (Å²) in [5, 5.41) is 9.16. The standard InChI is InChI=1S/C11H17NO/c1-10(13)8-12(2)9-11-6-4-3-5-7-11/h3-7,10,13H,8-9H2,1-2H3/t10-/m0/s1. The molecule has 0 aliphatic heterocycles. The molecule has 13 heavy (non-hydrogen) atoms. The molecule has 0 bridgehead atoms. The highest BCUT2D eigenvalue weighted by atomic mass is 16.3. The minimum atomic E-state index is -0.256. The summed E-state index contributed by atoms with van der Waals surface area (Å²) in [7, 11) is 2.01. The molecule has 2 nitrogen and oxygen atoms in total. The van der Waals surface area contributed by atoms with Gasteiger partial charge in [0.2, 0.25) is 0 Å². The molecule has 1 N–H and O–H groups in total. The molecule has 0 amide bonds. The third kappa shape index (κ3) is 4.06. The maximum atomic E-state index is 9.16. The first-order chi connectivity index (χ1) is 6.18. The lowest BCUT2D eigenvalue weighted by atomic mass is 10.2. The van der Waals surface area contributed by atoms with E-state index in [0.717, 1.165) is 13.1 Å². The first kappa shape index (κ1) is 10.2. The summed E-state index contributed by atoms with van der Waals surface area (Å²) in [5.74, 6) is 0. The van der Waals surface area contributed by atoms with Crippen LogP contribution in [0.15, 0.2) is 30.3 Å². The lowest BCUT2D eigenvalue weighted by Crippen LogP contribution is -2.26. The quantitative estimate of drug-likeness (QED) is 0.757. The minimum absolute atomic E-state index is 0.256. The van der Waals surface area contributed by atoms with E-state index >= 15 is 0 Å². The number of hydrogen-bond donors (Lipinski definition) is 1. The van der Waals surface area contributed by atoms with Crippen LogP contribution < -0.4 is 0 Å². The van der Waals surface area contributed by atoms with E-state index < -0.39 is 0 Å². The zero-order valence-electron chi connectivity index (χ0n) is 8.27. The minimum Gasteiger partial charge on any atom is -0.392 e. The zero-order chi connectivity index (χ0) is 9.68. The molecule has 0 saturated heterocycles. The highest BCUT2D eigenvalue weighted by molar-refractivity contribution is 5.14. The molecule has 72 valence electrons. The van der Waals surface area contributed by atoms with Gasteiger partial charge in [-0.2, -0.15) is 0 Å². The fourth-order valence-corrected chi connectivity index (χ4v) is 1.41. The highest BCUT2D eigenvalue weighted by Gasteiger charge is 2.02. The first-order valence-electron chi connectivity index (χ1n) is 4.59. The number of likely N-dealkylation sites (N-methyl/N-ethyl adjacent to an activating group) is 1. The second-order valence-corrected chi connectivity index (χ2v) is 3.53. The maximum Gasteiger partial charge on any atom is 0.0639 e. The SMILES string of the molecule is C[C@H](O)CN(C)Cc1ccccc1. The van der Waals surface area contributed by atoms with Crippen molar-refractivity contribution in [3.63, 3.8) is 0 Å². The highest BCUT2D eigenvalue weighted by Crippen LogP contribution is 2.02. The van der Waals surface area contributed by atoms with Crippen molar-refractivity contribution in [1.29, 1.82) is 0 Å². The maximum absolute atomic E-state index is 9.16. The molecule has 0 unspecified atom stereocenters. The third-order valence-corrected chi connectivity index (χ3v) is 1.87. The Morgan fingerprint density at radius 1 is 1.31 bits per heavy atom. The Morgan fingerprint density at radius 2 is 1.92 bits per heavy atom. The summed E-state index contributed by atoms with van der Waals surface area (Å²) in [5.41, 5.74) is 1.28. The van der Waals surface area contributed by atoms with Crippen LogP contribution in [0.3, 0.4) is 0 Å². The van der Waals surface area contributed by atoms with E-state index in [4.69, 9.17) is 5.11 Å². The lowest BCUT2D eigenvalue weighted by Gasteiger charge is -2.17. The number of aliphatic hydroxyl groups excluding tert-OH is 1. The Labute approximate surface area is 79.8 Å². The number of nitrogens with zero attached hydrogens (tertiary/aromatic N) is 1. The topological polar surface area (TPSA) is 23.5 Å². The monoisotopic (exact) mass is 179 g/mol. The van der Waals surface area contributed by atoms with Gasteiger partial charge in [0.05, 0.1) is 6.10 Å². The number of aliphatic hydroxyl groups is 1. The molecular formula is C11H17NO. The van der Waals surface area contributed by atoms with Crippen molar-refractivity contribution in [2.75, 3.05) is 13.6 Å². The van der Waals surface area contributed by atoms with Gasteiger partial charge in [0.1, 0.15) is 0 Å². The molecule has 0 radical (unpaired) electrons. The fourth-order valence-electron chi connectivity index (χ4n) is 1.41. The van der Waals surface area contributed by atoms with Crippen LogP contribution in [0.1, 0.15) is 12.5 Å². The van der Waals surface area contributed by atoms with Crippen LogP contribution in [-0.4, -0.2) is 29.7 Å². The van der Waals surface area contributed by atoms with Gasteiger partial charge in [0.15, 0.2) is 0 Å². The van der Waals surface area contributed by atoms with E-state index in [1.54, 1.807) is 0 Å². The van der Waals surface area contributed by atoms with E-state index in [9.17, 15) is 0 Å². The Balaban J connectivity index is 2.41. The number of hydrogen-bond acceptors (Lipinski definition) is 2. The molecule has 0 aliphatic carbocycles. The molecule has 0 heterocycles. The Bertz CT molecular complexity index is 233. The van der Waals surface area contributed by atoms with Gasteiger partial charge in [-0.3, -0.25) is 4.90 Å². The van der Waals surface area contributed by atoms with Gasteiger partial charge < -0.3 is 5.11 Å². The lowest BCUT2D eigenvalue weighted by molar-refractivity contribution is 0.138. The van der Waals surface area contributed by atoms with Gasteiger partial charge in [0, 0.05) is 13.1 Å². The van der Waals surface area contributed by atoms with Gasteiger partial charge in [-0.1, -0.05) is 30.3 Å². The van der Waals surface area contributed by atoms with Crippen molar-refractivity contribution in [1.82, 2.24) is 4.90 Å². The van der Waals surface area contributed by atoms with Crippen LogP contribution in [0.2, 0.25) is 0 Å². The zero-order valence-corrected chi connectivity index (χ0v) is 8.27. The summed E-state index contributed by atoms with van der Waals surface area (Å²) in [4.78, 5) is 2.11. The van der Waals surface area contributed by atoms with E-state index in [2.05, 4.69) is 17.0 Å². The second-order valence-electron chi connectivity index (χ2n) is 3.53. The van der Waals surface area contributed by atoms with E-state index in [1.807, 2.05) is 32.2 Å². The molecule has 1 aromatic rings. The van der Waals surface area contributed by atoms with Crippen LogP contribution in [0.4, 0.5) is 0 Å². The second kappa shape index (κ2) is 5.00. The number of benzene rings is 1. The molecule has 1 rings (SSSR count). The van der Waals surface area contributed by atoms with Crippen molar-refractivity contribution in [3.05, 3.63) is 35.9 Å². The number of rotatable bonds is 4. The van der Waals surface area contributed by atoms with Gasteiger partial charge in [0.25, 0.3) is 0 Å². The largest absolute Gasteiger partial charge is 0.392 e. The molecule has 0 aliphatic rings. The predicted octanol–water partition coefficient (Wildman–Crippen LogP) is 1.50. The molecule has 2 heteroatoms. The van der Waals surface area contributed by atoms with Crippen molar-refractivity contribution in [3.8, 4) is 0 Å². The van der Waals surface area contributed by atoms with Gasteiger partial charge in [-0.15, -0.1) is 0 Å². The van der Waals surface area contributed by atoms with Crippen molar-refractivity contribution >= 4 is 0 Å². The van der Waals surface area contributed by atoms with Crippen LogP contribution in [0.5, 0.6) is 0 Å². The van der Waals surface area contributed by atoms with E-state index in [-0.39, 0.29) is 6.10 Å². The Hall–Kier alpha value is -0.860. The summed E-state index contributed by atoms with van der Waals surface area (Å²) in [6.45, 7) is 3.42. The van der Waals surface area contributed by atoms with Gasteiger partial charge in [-0.25, -0.2) is 0 Å². The van der Waals surface area contributed by atoms with Crippen LogP contribution in [-0.2, 0) is 6.54 Å². The summed E-state index contributed by atoms with van der Waals surface area (Å²) < 4.78 is 0. The van der Waals surface area contributed by atoms with Crippen LogP contribution >= 0.6 is 0 Å². The van der Waals surface area contributed by atoms with E-state index in [0.29, 0.717) is 0 Å². The van der Waals surface area contributed by atoms with Crippen LogP contribution in [0.25, 0.3) is 0 Å². The summed E-state index contributed by atoms with van der Waals surface area (Å²) in [6, 6.07) is 10.3. The van der Waals surface area contributed by atoms with Crippen molar-refractivity contribution < 1.29 is 5.11 Å². The fraction of sp³-hybridized carbons (Fsp3) is 0.455. The Morgan fingerprint density at radius 3 is 2.46 bits per heavy atom. The Kier molecular flexibility index (Phi) is 3.93. The molecule has 0 aromatic heterocycles. The predicted molar refractivity (Wildman–Crippen MR) is 54.5 cm³/mol. The molecular weight excluding hydrogens is 162 g/mol. The van der Waals surface area contributed by atoms with Crippen molar-refractivity contribution in [2.45, 2.75) is 19.6 Å². The average Bonchev–Trinajstić information content (AvgIpc) is 2.04. The van der Waals surface area contributed by atoms with E-state index in [1.165, 1.54) is 5.56 Å². The molecule has 0 spiro atoms. The van der Waals surface area contributed by atoms with Gasteiger partial charge in [-0.05, 0) is 19.5 Å². The van der Waals surface area contributed by atoms with Gasteiger partial charge >= 0.3 is 0 Å². The van der Waals surface area contributed by atoms with Crippen molar-refractivity contribution in [2.24, 2.45) is 0 Å². The molecule has 0 fully saturated rings.